The fourth-order valence-electron chi connectivity index (χ4n) is 2.89. The van der Waals surface area contributed by atoms with E-state index in [0.29, 0.717) is 6.10 Å². The molecular weight excluding hydrogens is 473 g/mol. The van der Waals surface area contributed by atoms with Crippen LogP contribution in [0.25, 0.3) is 0 Å². The molecule has 0 spiro atoms. The van der Waals surface area contributed by atoms with Gasteiger partial charge in [0.15, 0.2) is 5.96 Å². The highest BCUT2D eigenvalue weighted by molar-refractivity contribution is 14.0. The van der Waals surface area contributed by atoms with E-state index in [-0.39, 0.29) is 24.0 Å². The third-order valence-corrected chi connectivity index (χ3v) is 5.10. The molecule has 27 heavy (non-hydrogen) atoms. The number of benzene rings is 1. The van der Waals surface area contributed by atoms with Crippen LogP contribution >= 0.6 is 35.7 Å². The molecule has 1 aromatic carbocycles. The highest BCUT2D eigenvalue weighted by Gasteiger charge is 2.13. The van der Waals surface area contributed by atoms with Crippen molar-refractivity contribution in [2.24, 2.45) is 4.99 Å². The number of ether oxygens (including phenoxy) is 2. The highest BCUT2D eigenvalue weighted by atomic mass is 127. The van der Waals surface area contributed by atoms with E-state index in [9.17, 15) is 0 Å². The van der Waals surface area contributed by atoms with Gasteiger partial charge >= 0.3 is 0 Å². The van der Waals surface area contributed by atoms with Crippen molar-refractivity contribution in [3.63, 3.8) is 0 Å². The topological polar surface area (TPSA) is 46.1 Å². The van der Waals surface area contributed by atoms with E-state index in [0.717, 1.165) is 64.7 Å². The maximum absolute atomic E-state index is 5.92. The van der Waals surface area contributed by atoms with Crippen molar-refractivity contribution in [3.05, 3.63) is 29.8 Å². The van der Waals surface area contributed by atoms with E-state index < -0.39 is 0 Å². The van der Waals surface area contributed by atoms with Crippen molar-refractivity contribution in [3.8, 4) is 0 Å². The van der Waals surface area contributed by atoms with Gasteiger partial charge in [-0.15, -0.1) is 35.7 Å². The Hall–Kier alpha value is -0.510. The molecule has 2 rings (SSSR count). The summed E-state index contributed by atoms with van der Waals surface area (Å²) >= 11 is 1.77. The smallest absolute Gasteiger partial charge is 0.193 e. The largest absolute Gasteiger partial charge is 0.381 e. The molecule has 0 saturated carbocycles. The molecule has 0 aromatic heterocycles. The van der Waals surface area contributed by atoms with Crippen molar-refractivity contribution >= 4 is 41.7 Å². The van der Waals surface area contributed by atoms with Crippen molar-refractivity contribution < 1.29 is 9.47 Å². The summed E-state index contributed by atoms with van der Waals surface area (Å²) in [4.78, 5) is 8.22. The zero-order valence-corrected chi connectivity index (χ0v) is 19.9. The second-order valence-corrected chi connectivity index (χ2v) is 7.36. The van der Waals surface area contributed by atoms with Crippen molar-refractivity contribution in [2.45, 2.75) is 43.7 Å². The van der Waals surface area contributed by atoms with Gasteiger partial charge in [-0.05, 0) is 50.1 Å². The first kappa shape index (κ1) is 24.5. The normalized spacial score (nSPS) is 15.3. The SMILES string of the molecule is CCNC(=NCCCOC1CCOCC1)N(C)Cc1ccc(SC)cc1.I. The monoisotopic (exact) mass is 507 g/mol. The van der Waals surface area contributed by atoms with Crippen LogP contribution in [0.2, 0.25) is 0 Å². The summed E-state index contributed by atoms with van der Waals surface area (Å²) in [5.41, 5.74) is 1.29. The second kappa shape index (κ2) is 14.5. The number of hydrogen-bond acceptors (Lipinski definition) is 4. The Bertz CT molecular complexity index is 537. The third-order valence-electron chi connectivity index (χ3n) is 4.36. The molecule has 5 nitrogen and oxygen atoms in total. The number of nitrogens with zero attached hydrogens (tertiary/aromatic N) is 2. The molecule has 7 heteroatoms. The summed E-state index contributed by atoms with van der Waals surface area (Å²) in [6.07, 6.45) is 5.45. The Balaban J connectivity index is 0.00000364. The molecule has 0 amide bonds. The van der Waals surface area contributed by atoms with Gasteiger partial charge in [-0.25, -0.2) is 0 Å². The van der Waals surface area contributed by atoms with E-state index in [2.05, 4.69) is 54.7 Å². The Morgan fingerprint density at radius 2 is 2.00 bits per heavy atom. The molecule has 1 aromatic rings. The quantitative estimate of drug-likeness (QED) is 0.180. The lowest BCUT2D eigenvalue weighted by Crippen LogP contribution is -2.38. The van der Waals surface area contributed by atoms with Gasteiger partial charge in [-0.1, -0.05) is 12.1 Å². The fraction of sp³-hybridized carbons (Fsp3) is 0.650. The van der Waals surface area contributed by atoms with Crippen LogP contribution in [0.3, 0.4) is 0 Å². The summed E-state index contributed by atoms with van der Waals surface area (Å²) in [5, 5.41) is 3.38. The van der Waals surface area contributed by atoms with Crippen LogP contribution in [0.4, 0.5) is 0 Å². The predicted molar refractivity (Wildman–Crippen MR) is 125 cm³/mol. The van der Waals surface area contributed by atoms with Crippen LogP contribution in [0.5, 0.6) is 0 Å². The molecule has 0 aliphatic carbocycles. The minimum absolute atomic E-state index is 0. The highest BCUT2D eigenvalue weighted by Crippen LogP contribution is 2.15. The molecule has 0 radical (unpaired) electrons. The standard InChI is InChI=1S/C20H33N3O2S.HI/c1-4-21-20(22-12-5-13-25-18-10-14-24-15-11-18)23(2)16-17-6-8-19(26-3)9-7-17;/h6-9,18H,4-5,10-16H2,1-3H3,(H,21,22);1H. The molecule has 0 unspecified atom stereocenters. The van der Waals surface area contributed by atoms with Gasteiger partial charge in [0.1, 0.15) is 0 Å². The van der Waals surface area contributed by atoms with Gasteiger partial charge in [-0.3, -0.25) is 4.99 Å². The maximum atomic E-state index is 5.92. The molecule has 1 aliphatic heterocycles. The molecule has 154 valence electrons. The predicted octanol–water partition coefficient (Wildman–Crippen LogP) is 4.01. The van der Waals surface area contributed by atoms with E-state index in [1.165, 1.54) is 10.5 Å². The summed E-state index contributed by atoms with van der Waals surface area (Å²) < 4.78 is 11.3. The van der Waals surface area contributed by atoms with Gasteiger partial charge < -0.3 is 19.7 Å². The van der Waals surface area contributed by atoms with Crippen LogP contribution in [0, 0.1) is 0 Å². The van der Waals surface area contributed by atoms with Crippen LogP contribution in [0.15, 0.2) is 34.2 Å². The van der Waals surface area contributed by atoms with E-state index in [4.69, 9.17) is 14.5 Å². The fourth-order valence-corrected chi connectivity index (χ4v) is 3.30. The third kappa shape index (κ3) is 9.49. The summed E-state index contributed by atoms with van der Waals surface area (Å²) in [6, 6.07) is 8.72. The van der Waals surface area contributed by atoms with E-state index >= 15 is 0 Å². The van der Waals surface area contributed by atoms with Gasteiger partial charge in [0.25, 0.3) is 0 Å². The summed E-state index contributed by atoms with van der Waals surface area (Å²) in [5.74, 6) is 0.951. The Kier molecular flexibility index (Phi) is 13.2. The number of halogens is 1. The van der Waals surface area contributed by atoms with Crippen LogP contribution in [-0.2, 0) is 16.0 Å². The number of hydrogen-bond donors (Lipinski definition) is 1. The van der Waals surface area contributed by atoms with Gasteiger partial charge in [-0.2, -0.15) is 0 Å². The first-order valence-electron chi connectivity index (χ1n) is 9.54. The Labute approximate surface area is 185 Å². The molecule has 0 atom stereocenters. The van der Waals surface area contributed by atoms with E-state index in [1.807, 2.05) is 0 Å². The van der Waals surface area contributed by atoms with Gasteiger partial charge in [0.2, 0.25) is 0 Å². The Morgan fingerprint density at radius 3 is 2.63 bits per heavy atom. The number of thioether (sulfide) groups is 1. The molecule has 1 heterocycles. The van der Waals surface area contributed by atoms with Crippen molar-refractivity contribution in [1.82, 2.24) is 10.2 Å². The number of guanidine groups is 1. The zero-order valence-electron chi connectivity index (χ0n) is 16.8. The van der Waals surface area contributed by atoms with Crippen LogP contribution in [0.1, 0.15) is 31.7 Å². The molecule has 1 aliphatic rings. The van der Waals surface area contributed by atoms with Crippen molar-refractivity contribution in [1.29, 1.82) is 0 Å². The molecular formula is C20H34IN3O2S. The summed E-state index contributed by atoms with van der Waals surface area (Å²) in [6.45, 7) is 7.03. The molecule has 0 bridgehead atoms. The summed E-state index contributed by atoms with van der Waals surface area (Å²) in [7, 11) is 2.09. The first-order valence-corrected chi connectivity index (χ1v) is 10.8. The van der Waals surface area contributed by atoms with Gasteiger partial charge in [0, 0.05) is 51.4 Å². The number of aliphatic imine (C=N–C) groups is 1. The van der Waals surface area contributed by atoms with Crippen molar-refractivity contribution in [2.75, 3.05) is 46.2 Å². The molecule has 1 fully saturated rings. The minimum Gasteiger partial charge on any atom is -0.381 e. The number of nitrogens with one attached hydrogen (secondary N) is 1. The van der Waals surface area contributed by atoms with Crippen LogP contribution < -0.4 is 5.32 Å². The lowest BCUT2D eigenvalue weighted by Gasteiger charge is -2.23. The average Bonchev–Trinajstić information content (AvgIpc) is 2.68. The lowest BCUT2D eigenvalue weighted by atomic mass is 10.1. The number of rotatable bonds is 9. The zero-order chi connectivity index (χ0) is 18.6. The molecule has 1 N–H and O–H groups in total. The lowest BCUT2D eigenvalue weighted by molar-refractivity contribution is -0.0318. The second-order valence-electron chi connectivity index (χ2n) is 6.48. The minimum atomic E-state index is 0. The van der Waals surface area contributed by atoms with Gasteiger partial charge in [0.05, 0.1) is 6.10 Å². The van der Waals surface area contributed by atoms with Crippen LogP contribution in [-0.4, -0.2) is 63.2 Å². The average molecular weight is 507 g/mol. The molecule has 1 saturated heterocycles. The van der Waals surface area contributed by atoms with E-state index in [1.54, 1.807) is 11.8 Å². The maximum Gasteiger partial charge on any atom is 0.193 e. The Morgan fingerprint density at radius 1 is 1.30 bits per heavy atom. The first-order chi connectivity index (χ1) is 12.7.